The lowest BCUT2D eigenvalue weighted by Gasteiger charge is -2.35. The van der Waals surface area contributed by atoms with Gasteiger partial charge < -0.3 is 9.64 Å². The molecule has 0 amide bonds. The summed E-state index contributed by atoms with van der Waals surface area (Å²) < 4.78 is 66.3. The molecule has 0 saturated carbocycles. The van der Waals surface area contributed by atoms with E-state index < -0.39 is 26.2 Å². The van der Waals surface area contributed by atoms with Crippen LogP contribution < -0.4 is 4.74 Å². The predicted molar refractivity (Wildman–Crippen MR) is 159 cm³/mol. The maximum absolute atomic E-state index is 13.9. The van der Waals surface area contributed by atoms with Gasteiger partial charge in [-0.2, -0.15) is 12.7 Å². The largest absolute Gasteiger partial charge is 0.497 e. The monoisotopic (exact) mass is 596 g/mol. The van der Waals surface area contributed by atoms with E-state index in [4.69, 9.17) is 4.74 Å². The summed E-state index contributed by atoms with van der Waals surface area (Å²) in [5.74, 6) is 0.971. The summed E-state index contributed by atoms with van der Waals surface area (Å²) in [6.07, 6.45) is 2.39. The number of sulfonamides is 2. The van der Waals surface area contributed by atoms with Crippen molar-refractivity contribution in [2.24, 2.45) is 4.40 Å². The summed E-state index contributed by atoms with van der Waals surface area (Å²) in [6.45, 7) is 4.33. The first-order valence-corrected chi connectivity index (χ1v) is 16.7. The summed E-state index contributed by atoms with van der Waals surface area (Å²) in [7, 11) is -6.39. The molecule has 1 atom stereocenters. The smallest absolute Gasteiger partial charge is 0.283 e. The Balaban J connectivity index is 1.61. The summed E-state index contributed by atoms with van der Waals surface area (Å²) in [6, 6.07) is 22.1. The quantitative estimate of drug-likeness (QED) is 0.283. The van der Waals surface area contributed by atoms with Crippen molar-refractivity contribution in [1.29, 1.82) is 0 Å². The molecule has 2 fully saturated rings. The molecule has 3 aromatic carbocycles. The zero-order valence-corrected chi connectivity index (χ0v) is 25.0. The number of hydrogen-bond donors (Lipinski definition) is 0. The standard InChI is InChI=1S/C30H36N4O5S2/c1-24-11-17-27(18-12-24)40(35,36)31-29(23-32-19-7-4-8-20-32)33-21-22-34(41(37,38)28-9-5-3-6-10-28)30(33)25-13-15-26(39-2)16-14-25/h3,5-6,9-18,30H,4,7-8,19-23H2,1-2H3/t30-/m1/s1. The number of methoxy groups -OCH3 is 1. The molecule has 0 N–H and O–H groups in total. The fourth-order valence-electron chi connectivity index (χ4n) is 5.37. The maximum Gasteiger partial charge on any atom is 0.283 e. The Morgan fingerprint density at radius 1 is 0.805 bits per heavy atom. The van der Waals surface area contributed by atoms with Crippen molar-refractivity contribution < 1.29 is 21.6 Å². The highest BCUT2D eigenvalue weighted by atomic mass is 32.2. The summed E-state index contributed by atoms with van der Waals surface area (Å²) in [5, 5.41) is 0. The molecule has 0 unspecified atom stereocenters. The molecular weight excluding hydrogens is 560 g/mol. The molecule has 0 aromatic heterocycles. The molecule has 2 heterocycles. The van der Waals surface area contributed by atoms with Crippen molar-refractivity contribution in [3.63, 3.8) is 0 Å². The molecule has 2 saturated heterocycles. The average molecular weight is 597 g/mol. The molecule has 9 nitrogen and oxygen atoms in total. The van der Waals surface area contributed by atoms with E-state index in [2.05, 4.69) is 9.30 Å². The zero-order chi connectivity index (χ0) is 29.0. The van der Waals surface area contributed by atoms with Crippen LogP contribution in [0.25, 0.3) is 0 Å². The van der Waals surface area contributed by atoms with Crippen LogP contribution in [0.5, 0.6) is 5.75 Å². The van der Waals surface area contributed by atoms with E-state index in [1.54, 1.807) is 73.8 Å². The third kappa shape index (κ3) is 6.48. The highest BCUT2D eigenvalue weighted by Crippen LogP contribution is 2.36. The van der Waals surface area contributed by atoms with Gasteiger partial charge in [-0.1, -0.05) is 54.4 Å². The van der Waals surface area contributed by atoms with Gasteiger partial charge in [0.25, 0.3) is 10.0 Å². The number of ether oxygens (including phenoxy) is 1. The lowest BCUT2D eigenvalue weighted by molar-refractivity contribution is 0.234. The van der Waals surface area contributed by atoms with Crippen molar-refractivity contribution in [1.82, 2.24) is 14.1 Å². The predicted octanol–water partition coefficient (Wildman–Crippen LogP) is 4.28. The van der Waals surface area contributed by atoms with Gasteiger partial charge in [0.15, 0.2) is 0 Å². The number of aryl methyl sites for hydroxylation is 1. The van der Waals surface area contributed by atoms with Crippen LogP contribution in [0.15, 0.2) is 93.1 Å². The van der Waals surface area contributed by atoms with E-state index in [9.17, 15) is 16.8 Å². The van der Waals surface area contributed by atoms with E-state index in [0.29, 0.717) is 30.2 Å². The molecule has 5 rings (SSSR count). The molecule has 11 heteroatoms. The van der Waals surface area contributed by atoms with Crippen LogP contribution in [0.2, 0.25) is 0 Å². The highest BCUT2D eigenvalue weighted by molar-refractivity contribution is 7.90. The lowest BCUT2D eigenvalue weighted by atomic mass is 10.1. The molecule has 0 spiro atoms. The van der Waals surface area contributed by atoms with Crippen molar-refractivity contribution in [2.45, 2.75) is 42.1 Å². The van der Waals surface area contributed by atoms with E-state index in [1.807, 2.05) is 24.0 Å². The molecule has 218 valence electrons. The van der Waals surface area contributed by atoms with Crippen LogP contribution in [0, 0.1) is 6.92 Å². The van der Waals surface area contributed by atoms with Crippen LogP contribution >= 0.6 is 0 Å². The Labute approximate surface area is 243 Å². The summed E-state index contributed by atoms with van der Waals surface area (Å²) in [4.78, 5) is 4.32. The van der Waals surface area contributed by atoms with E-state index >= 15 is 0 Å². The van der Waals surface area contributed by atoms with Gasteiger partial charge in [0, 0.05) is 13.1 Å². The highest BCUT2D eigenvalue weighted by Gasteiger charge is 2.43. The number of piperidine rings is 1. The van der Waals surface area contributed by atoms with Crippen molar-refractivity contribution in [2.75, 3.05) is 39.8 Å². The Bertz CT molecular complexity index is 1570. The minimum absolute atomic E-state index is 0.105. The van der Waals surface area contributed by atoms with Gasteiger partial charge in [-0.3, -0.25) is 4.90 Å². The minimum Gasteiger partial charge on any atom is -0.497 e. The minimum atomic E-state index is -4.05. The number of benzene rings is 3. The van der Waals surface area contributed by atoms with E-state index in [1.165, 1.54) is 4.31 Å². The molecule has 0 radical (unpaired) electrons. The van der Waals surface area contributed by atoms with E-state index in [-0.39, 0.29) is 16.3 Å². The maximum atomic E-state index is 13.9. The first-order valence-electron chi connectivity index (χ1n) is 13.8. The van der Waals surface area contributed by atoms with Gasteiger partial charge in [-0.05, 0) is 74.8 Å². The summed E-state index contributed by atoms with van der Waals surface area (Å²) >= 11 is 0. The van der Waals surface area contributed by atoms with Gasteiger partial charge in [0.1, 0.15) is 17.8 Å². The van der Waals surface area contributed by atoms with Crippen molar-refractivity contribution >= 4 is 25.9 Å². The number of hydrogen-bond acceptors (Lipinski definition) is 6. The van der Waals surface area contributed by atoms with Crippen LogP contribution in [0.3, 0.4) is 0 Å². The third-order valence-electron chi connectivity index (χ3n) is 7.58. The number of nitrogens with zero attached hydrogens (tertiary/aromatic N) is 4. The SMILES string of the molecule is COc1ccc([C@@H]2N(C(CN3CCCCC3)=NS(=O)(=O)c3ccc(C)cc3)CCN2S(=O)(=O)c2ccccc2)cc1. The fraction of sp³-hybridized carbons (Fsp3) is 0.367. The Hall–Kier alpha value is -3.25. The average Bonchev–Trinajstić information content (AvgIpc) is 3.44. The van der Waals surface area contributed by atoms with E-state index in [0.717, 1.165) is 37.9 Å². The first kappa shape index (κ1) is 29.2. The van der Waals surface area contributed by atoms with Crippen LogP contribution in [0.4, 0.5) is 0 Å². The Morgan fingerprint density at radius 3 is 2.10 bits per heavy atom. The zero-order valence-electron chi connectivity index (χ0n) is 23.4. The van der Waals surface area contributed by atoms with Crippen LogP contribution in [0.1, 0.15) is 36.6 Å². The Morgan fingerprint density at radius 2 is 1.46 bits per heavy atom. The summed E-state index contributed by atoms with van der Waals surface area (Å²) in [5.41, 5.74) is 1.64. The van der Waals surface area contributed by atoms with Crippen molar-refractivity contribution in [3.05, 3.63) is 90.0 Å². The fourth-order valence-corrected chi connectivity index (χ4v) is 7.99. The normalized spacial score (nSPS) is 19.4. The third-order valence-corrected chi connectivity index (χ3v) is 10.8. The molecule has 41 heavy (non-hydrogen) atoms. The molecule has 2 aliphatic heterocycles. The van der Waals surface area contributed by atoms with Gasteiger partial charge >= 0.3 is 0 Å². The topological polar surface area (TPSA) is 99.6 Å². The van der Waals surface area contributed by atoms with Crippen LogP contribution in [-0.2, 0) is 20.0 Å². The number of amidine groups is 1. The second-order valence-electron chi connectivity index (χ2n) is 10.4. The van der Waals surface area contributed by atoms with Gasteiger partial charge in [-0.15, -0.1) is 4.40 Å². The second kappa shape index (κ2) is 12.3. The molecule has 0 bridgehead atoms. The second-order valence-corrected chi connectivity index (χ2v) is 13.9. The first-order chi connectivity index (χ1) is 19.7. The van der Waals surface area contributed by atoms with Gasteiger partial charge in [-0.25, -0.2) is 8.42 Å². The number of rotatable bonds is 8. The molecule has 0 aliphatic carbocycles. The Kier molecular flexibility index (Phi) is 8.79. The molecular formula is C30H36N4O5S2. The van der Waals surface area contributed by atoms with Gasteiger partial charge in [0.05, 0.1) is 23.4 Å². The molecule has 3 aromatic rings. The molecule has 2 aliphatic rings. The van der Waals surface area contributed by atoms with Crippen LogP contribution in [-0.4, -0.2) is 76.6 Å². The lowest BCUT2D eigenvalue weighted by Crippen LogP contribution is -2.44. The number of likely N-dealkylation sites (tertiary alicyclic amines) is 1. The van der Waals surface area contributed by atoms with Gasteiger partial charge in [0.2, 0.25) is 10.0 Å². The van der Waals surface area contributed by atoms with Crippen molar-refractivity contribution in [3.8, 4) is 5.75 Å².